The number of methoxy groups -OCH3 is 1. The highest BCUT2D eigenvalue weighted by molar-refractivity contribution is 7.89. The van der Waals surface area contributed by atoms with E-state index in [1.54, 1.807) is 0 Å². The molecular weight excluding hydrogens is 244 g/mol. The molecule has 1 N–H and O–H groups in total. The van der Waals surface area contributed by atoms with Crippen LogP contribution in [-0.4, -0.2) is 28.0 Å². The fraction of sp³-hybridized carbons (Fsp3) is 0.200. The molecule has 0 saturated carbocycles. The van der Waals surface area contributed by atoms with Gasteiger partial charge in [0.15, 0.2) is 0 Å². The number of ether oxygens (including phenoxy) is 1. The van der Waals surface area contributed by atoms with E-state index in [0.717, 1.165) is 7.11 Å². The fourth-order valence-electron chi connectivity index (χ4n) is 1.04. The van der Waals surface area contributed by atoms with Gasteiger partial charge in [-0.25, -0.2) is 8.42 Å². The molecule has 0 aliphatic rings. The summed E-state index contributed by atoms with van der Waals surface area (Å²) in [5, 5.41) is 8.64. The van der Waals surface area contributed by atoms with Gasteiger partial charge in [0.1, 0.15) is 6.54 Å². The Morgan fingerprint density at radius 1 is 1.53 bits per heavy atom. The number of carbonyl (C=O) groups is 1. The molecule has 90 valence electrons. The van der Waals surface area contributed by atoms with E-state index in [2.05, 4.69) is 9.46 Å². The number of sulfonamides is 1. The number of esters is 1. The van der Waals surface area contributed by atoms with Gasteiger partial charge in [0.25, 0.3) is 0 Å². The quantitative estimate of drug-likeness (QED) is 0.763. The maximum absolute atomic E-state index is 11.7. The third-order valence-electron chi connectivity index (χ3n) is 1.91. The number of benzene rings is 1. The van der Waals surface area contributed by atoms with E-state index in [0.29, 0.717) is 0 Å². The second-order valence-corrected chi connectivity index (χ2v) is 4.81. The van der Waals surface area contributed by atoms with Crippen LogP contribution in [-0.2, 0) is 19.6 Å². The maximum Gasteiger partial charge on any atom is 0.320 e. The molecule has 1 aromatic carbocycles. The van der Waals surface area contributed by atoms with Crippen molar-refractivity contribution in [1.29, 1.82) is 5.26 Å². The SMILES string of the molecule is COC(=O)CNS(=O)(=O)c1cccc(C#N)c1. The van der Waals surface area contributed by atoms with Gasteiger partial charge in [-0.05, 0) is 18.2 Å². The lowest BCUT2D eigenvalue weighted by Crippen LogP contribution is -2.30. The molecule has 0 aromatic heterocycles. The van der Waals surface area contributed by atoms with E-state index >= 15 is 0 Å². The van der Waals surface area contributed by atoms with Gasteiger partial charge in [0.2, 0.25) is 10.0 Å². The molecule has 0 saturated heterocycles. The van der Waals surface area contributed by atoms with Gasteiger partial charge in [0.05, 0.1) is 23.6 Å². The molecule has 0 amide bonds. The van der Waals surface area contributed by atoms with Crippen molar-refractivity contribution in [3.8, 4) is 6.07 Å². The average Bonchev–Trinajstić information content (AvgIpc) is 2.36. The van der Waals surface area contributed by atoms with E-state index in [1.165, 1.54) is 24.3 Å². The second-order valence-electron chi connectivity index (χ2n) is 3.04. The first kappa shape index (κ1) is 13.2. The number of hydrogen-bond donors (Lipinski definition) is 1. The molecule has 1 aromatic rings. The lowest BCUT2D eigenvalue weighted by Gasteiger charge is -2.05. The van der Waals surface area contributed by atoms with Crippen molar-refractivity contribution in [2.75, 3.05) is 13.7 Å². The van der Waals surface area contributed by atoms with Gasteiger partial charge in [-0.2, -0.15) is 9.98 Å². The first-order chi connectivity index (χ1) is 7.99. The van der Waals surface area contributed by atoms with Crippen LogP contribution >= 0.6 is 0 Å². The summed E-state index contributed by atoms with van der Waals surface area (Å²) in [7, 11) is -2.64. The molecule has 0 aliphatic carbocycles. The largest absolute Gasteiger partial charge is 0.468 e. The Balaban J connectivity index is 2.90. The molecule has 0 spiro atoms. The zero-order chi connectivity index (χ0) is 12.9. The Morgan fingerprint density at radius 3 is 2.82 bits per heavy atom. The normalized spacial score (nSPS) is 10.6. The number of hydrogen-bond acceptors (Lipinski definition) is 5. The minimum absolute atomic E-state index is 0.0690. The molecule has 0 bridgehead atoms. The topological polar surface area (TPSA) is 96.3 Å². The van der Waals surface area contributed by atoms with Crippen molar-refractivity contribution in [3.05, 3.63) is 29.8 Å². The summed E-state index contributed by atoms with van der Waals surface area (Å²) in [6.45, 7) is -0.449. The molecule has 0 unspecified atom stereocenters. The zero-order valence-corrected chi connectivity index (χ0v) is 9.82. The van der Waals surface area contributed by atoms with Crippen molar-refractivity contribution in [3.63, 3.8) is 0 Å². The van der Waals surface area contributed by atoms with Crippen LogP contribution in [0.15, 0.2) is 29.2 Å². The first-order valence-electron chi connectivity index (χ1n) is 4.56. The maximum atomic E-state index is 11.7. The molecule has 0 aliphatic heterocycles. The highest BCUT2D eigenvalue weighted by Gasteiger charge is 2.15. The summed E-state index contributed by atoms with van der Waals surface area (Å²) in [6, 6.07) is 7.32. The van der Waals surface area contributed by atoms with Gasteiger partial charge in [-0.3, -0.25) is 4.79 Å². The Morgan fingerprint density at radius 2 is 2.24 bits per heavy atom. The van der Waals surface area contributed by atoms with Crippen LogP contribution in [0.1, 0.15) is 5.56 Å². The number of nitrogens with zero attached hydrogens (tertiary/aromatic N) is 1. The summed E-state index contributed by atoms with van der Waals surface area (Å²) in [5.74, 6) is -0.690. The predicted octanol–water partition coefficient (Wildman–Crippen LogP) is 0.00958. The molecule has 0 heterocycles. The molecule has 1 rings (SSSR count). The van der Waals surface area contributed by atoms with Gasteiger partial charge in [-0.15, -0.1) is 0 Å². The van der Waals surface area contributed by atoms with Crippen LogP contribution in [0, 0.1) is 11.3 Å². The van der Waals surface area contributed by atoms with E-state index in [1.807, 2.05) is 6.07 Å². The third kappa shape index (κ3) is 3.55. The summed E-state index contributed by atoms with van der Waals surface area (Å²) in [6.07, 6.45) is 0. The van der Waals surface area contributed by atoms with Crippen LogP contribution in [0.2, 0.25) is 0 Å². The van der Waals surface area contributed by atoms with Crippen LogP contribution < -0.4 is 4.72 Å². The molecule has 6 nitrogen and oxygen atoms in total. The van der Waals surface area contributed by atoms with Gasteiger partial charge >= 0.3 is 5.97 Å². The summed E-state index contributed by atoms with van der Waals surface area (Å²) in [5.41, 5.74) is 0.228. The van der Waals surface area contributed by atoms with Gasteiger partial charge in [0, 0.05) is 0 Å². The van der Waals surface area contributed by atoms with Crippen LogP contribution in [0.4, 0.5) is 0 Å². The number of nitriles is 1. The molecule has 0 fully saturated rings. The number of rotatable bonds is 4. The smallest absolute Gasteiger partial charge is 0.320 e. The molecule has 7 heteroatoms. The van der Waals surface area contributed by atoms with Crippen molar-refractivity contribution >= 4 is 16.0 Å². The molecule has 0 atom stereocenters. The van der Waals surface area contributed by atoms with Crippen molar-refractivity contribution in [1.82, 2.24) is 4.72 Å². The van der Waals surface area contributed by atoms with E-state index < -0.39 is 22.5 Å². The highest BCUT2D eigenvalue weighted by Crippen LogP contribution is 2.10. The van der Waals surface area contributed by atoms with Gasteiger partial charge < -0.3 is 4.74 Å². The van der Waals surface area contributed by atoms with Crippen LogP contribution in [0.25, 0.3) is 0 Å². The zero-order valence-electron chi connectivity index (χ0n) is 9.00. The predicted molar refractivity (Wildman–Crippen MR) is 58.4 cm³/mol. The summed E-state index contributed by atoms with van der Waals surface area (Å²) < 4.78 is 29.8. The highest BCUT2D eigenvalue weighted by atomic mass is 32.2. The monoisotopic (exact) mass is 254 g/mol. The summed E-state index contributed by atoms with van der Waals surface area (Å²) in [4.78, 5) is 10.7. The Kier molecular flexibility index (Phi) is 4.20. The third-order valence-corrected chi connectivity index (χ3v) is 3.31. The molecule has 17 heavy (non-hydrogen) atoms. The lowest BCUT2D eigenvalue weighted by atomic mass is 10.2. The van der Waals surface area contributed by atoms with Gasteiger partial charge in [-0.1, -0.05) is 6.07 Å². The van der Waals surface area contributed by atoms with Crippen LogP contribution in [0.5, 0.6) is 0 Å². The molecule has 0 radical (unpaired) electrons. The Bertz CT molecular complexity index is 560. The minimum atomic E-state index is -3.80. The Hall–Kier alpha value is -1.91. The minimum Gasteiger partial charge on any atom is -0.468 e. The fourth-order valence-corrected chi connectivity index (χ4v) is 2.06. The number of carbonyl (C=O) groups excluding carboxylic acids is 1. The second kappa shape index (κ2) is 5.43. The van der Waals surface area contributed by atoms with Crippen LogP contribution in [0.3, 0.4) is 0 Å². The lowest BCUT2D eigenvalue weighted by molar-refractivity contribution is -0.139. The average molecular weight is 254 g/mol. The number of nitrogens with one attached hydrogen (secondary N) is 1. The van der Waals surface area contributed by atoms with Crippen molar-refractivity contribution in [2.45, 2.75) is 4.90 Å². The van der Waals surface area contributed by atoms with Crippen molar-refractivity contribution < 1.29 is 17.9 Å². The first-order valence-corrected chi connectivity index (χ1v) is 6.04. The van der Waals surface area contributed by atoms with E-state index in [-0.39, 0.29) is 10.5 Å². The Labute approximate surface area is 98.9 Å². The van der Waals surface area contributed by atoms with E-state index in [4.69, 9.17) is 5.26 Å². The summed E-state index contributed by atoms with van der Waals surface area (Å²) >= 11 is 0. The standard InChI is InChI=1S/C10H10N2O4S/c1-16-10(13)7-12-17(14,15)9-4-2-3-8(5-9)6-11/h2-5,12H,7H2,1H3. The molecular formula is C10H10N2O4S. The van der Waals surface area contributed by atoms with Crippen molar-refractivity contribution in [2.24, 2.45) is 0 Å². The van der Waals surface area contributed by atoms with E-state index in [9.17, 15) is 13.2 Å².